The van der Waals surface area contributed by atoms with Crippen LogP contribution in [0, 0.1) is 13.8 Å². The maximum atomic E-state index is 12.8. The lowest BCUT2D eigenvalue weighted by Gasteiger charge is -2.19. The molecule has 0 fully saturated rings. The molecule has 0 spiro atoms. The Kier molecular flexibility index (Phi) is 4.97. The maximum Gasteiger partial charge on any atom is 0.264 e. The van der Waals surface area contributed by atoms with E-state index in [9.17, 15) is 8.42 Å². The lowest BCUT2D eigenvalue weighted by atomic mass is 10.2. The van der Waals surface area contributed by atoms with E-state index in [1.807, 2.05) is 13.8 Å². The molecule has 4 rings (SSSR count). The summed E-state index contributed by atoms with van der Waals surface area (Å²) < 4.78 is 32.8. The molecule has 0 radical (unpaired) electrons. The molecule has 2 heterocycles. The number of fused-ring (bicyclic) bond motifs is 1. The first-order valence-corrected chi connectivity index (χ1v) is 11.2. The molecule has 2 aromatic carbocycles. The Hall–Kier alpha value is -2.97. The summed E-state index contributed by atoms with van der Waals surface area (Å²) in [6, 6.07) is 15.2. The van der Waals surface area contributed by atoms with Gasteiger partial charge >= 0.3 is 0 Å². The van der Waals surface area contributed by atoms with E-state index < -0.39 is 10.0 Å². The number of hydrogen-bond acceptors (Lipinski definition) is 6. The minimum atomic E-state index is -3.62. The van der Waals surface area contributed by atoms with Gasteiger partial charge in [-0.25, -0.2) is 18.4 Å². The summed E-state index contributed by atoms with van der Waals surface area (Å²) in [5.74, 6) is 1.07. The number of anilines is 1. The minimum absolute atomic E-state index is 0.245. The number of ether oxygens (including phenoxy) is 1. The second-order valence-corrected chi connectivity index (χ2v) is 9.70. The van der Waals surface area contributed by atoms with Crippen molar-refractivity contribution in [1.29, 1.82) is 0 Å². The topological polar surface area (TPSA) is 72.4 Å². The molecule has 29 heavy (non-hydrogen) atoms. The molecule has 2 aromatic heterocycles. The summed E-state index contributed by atoms with van der Waals surface area (Å²) in [6.07, 6.45) is 1.49. The van der Waals surface area contributed by atoms with Crippen molar-refractivity contribution in [3.63, 3.8) is 0 Å². The fourth-order valence-electron chi connectivity index (χ4n) is 2.95. The Morgan fingerprint density at radius 3 is 2.34 bits per heavy atom. The molecular weight excluding hydrogens is 406 g/mol. The van der Waals surface area contributed by atoms with Gasteiger partial charge in [0.15, 0.2) is 0 Å². The summed E-state index contributed by atoms with van der Waals surface area (Å²) in [6.45, 7) is 4.07. The van der Waals surface area contributed by atoms with Crippen molar-refractivity contribution < 1.29 is 13.2 Å². The van der Waals surface area contributed by atoms with E-state index in [4.69, 9.17) is 4.74 Å². The second-order valence-electron chi connectivity index (χ2n) is 6.52. The monoisotopic (exact) mass is 425 g/mol. The number of benzene rings is 2. The van der Waals surface area contributed by atoms with Gasteiger partial charge in [-0.1, -0.05) is 18.2 Å². The highest BCUT2D eigenvalue weighted by atomic mass is 32.2. The predicted molar refractivity (Wildman–Crippen MR) is 115 cm³/mol. The van der Waals surface area contributed by atoms with E-state index in [0.717, 1.165) is 15.8 Å². The van der Waals surface area contributed by atoms with Crippen molar-refractivity contribution in [2.75, 3.05) is 11.4 Å². The van der Waals surface area contributed by atoms with Crippen LogP contribution in [0.25, 0.3) is 10.2 Å². The van der Waals surface area contributed by atoms with Crippen LogP contribution < -0.4 is 9.04 Å². The molecule has 0 aliphatic heterocycles. The van der Waals surface area contributed by atoms with E-state index in [2.05, 4.69) is 9.97 Å². The quantitative estimate of drug-likeness (QED) is 0.454. The third-order valence-electron chi connectivity index (χ3n) is 4.75. The van der Waals surface area contributed by atoms with Crippen LogP contribution in [0.1, 0.15) is 10.4 Å². The van der Waals surface area contributed by atoms with Crippen molar-refractivity contribution in [2.45, 2.75) is 18.7 Å². The Bertz CT molecular complexity index is 1270. The second kappa shape index (κ2) is 7.46. The summed E-state index contributed by atoms with van der Waals surface area (Å²) in [4.78, 5) is 10.9. The van der Waals surface area contributed by atoms with Crippen molar-refractivity contribution in [2.24, 2.45) is 0 Å². The van der Waals surface area contributed by atoms with Crippen molar-refractivity contribution >= 4 is 37.3 Å². The zero-order chi connectivity index (χ0) is 20.6. The van der Waals surface area contributed by atoms with Gasteiger partial charge in [0.05, 0.1) is 16.0 Å². The smallest absolute Gasteiger partial charge is 0.264 e. The third kappa shape index (κ3) is 3.56. The minimum Gasteiger partial charge on any atom is -0.438 e. The van der Waals surface area contributed by atoms with Crippen molar-refractivity contribution in [1.82, 2.24) is 9.97 Å². The Morgan fingerprint density at radius 1 is 0.966 bits per heavy atom. The normalized spacial score (nSPS) is 11.6. The average Bonchev–Trinajstić information content (AvgIpc) is 3.03. The van der Waals surface area contributed by atoms with Gasteiger partial charge in [0, 0.05) is 11.9 Å². The van der Waals surface area contributed by atoms with E-state index in [-0.39, 0.29) is 4.90 Å². The van der Waals surface area contributed by atoms with Gasteiger partial charge in [-0.15, -0.1) is 11.3 Å². The summed E-state index contributed by atoms with van der Waals surface area (Å²) >= 11 is 1.61. The number of hydrogen-bond donors (Lipinski definition) is 0. The van der Waals surface area contributed by atoms with Crippen molar-refractivity contribution in [3.05, 3.63) is 71.4 Å². The number of sulfonamides is 1. The molecule has 0 N–H and O–H groups in total. The molecule has 4 aromatic rings. The van der Waals surface area contributed by atoms with Crippen LogP contribution in [0.3, 0.4) is 0 Å². The molecule has 0 aliphatic rings. The fourth-order valence-corrected chi connectivity index (χ4v) is 5.16. The molecule has 0 aliphatic carbocycles. The maximum absolute atomic E-state index is 12.8. The van der Waals surface area contributed by atoms with Crippen LogP contribution in [0.15, 0.2) is 65.8 Å². The van der Waals surface area contributed by atoms with E-state index >= 15 is 0 Å². The van der Waals surface area contributed by atoms with Gasteiger partial charge in [-0.05, 0) is 55.8 Å². The van der Waals surface area contributed by atoms with E-state index in [1.165, 1.54) is 22.6 Å². The molecule has 8 heteroatoms. The highest BCUT2D eigenvalue weighted by Crippen LogP contribution is 2.36. The summed E-state index contributed by atoms with van der Waals surface area (Å²) in [5.41, 5.74) is 1.64. The lowest BCUT2D eigenvalue weighted by Crippen LogP contribution is -2.26. The summed E-state index contributed by atoms with van der Waals surface area (Å²) in [7, 11) is -2.09. The molecule has 0 bridgehead atoms. The SMILES string of the molecule is Cc1sc2ncnc(Oc3ccc(N(C)S(=O)(=O)c4ccccc4)cc3)c2c1C. The zero-order valence-electron chi connectivity index (χ0n) is 16.2. The highest BCUT2D eigenvalue weighted by molar-refractivity contribution is 7.92. The molecule has 148 valence electrons. The predicted octanol–water partition coefficient (Wildman–Crippen LogP) is 4.93. The van der Waals surface area contributed by atoms with Gasteiger partial charge in [0.1, 0.15) is 16.9 Å². The molecule has 0 saturated carbocycles. The van der Waals surface area contributed by atoms with Crippen LogP contribution in [-0.4, -0.2) is 25.4 Å². The molecule has 0 unspecified atom stereocenters. The van der Waals surface area contributed by atoms with Gasteiger partial charge in [-0.3, -0.25) is 4.31 Å². The van der Waals surface area contributed by atoms with Crippen LogP contribution in [0.5, 0.6) is 11.6 Å². The lowest BCUT2D eigenvalue weighted by molar-refractivity contribution is 0.468. The fraction of sp³-hybridized carbons (Fsp3) is 0.143. The largest absolute Gasteiger partial charge is 0.438 e. The Labute approximate surface area is 173 Å². The van der Waals surface area contributed by atoms with E-state index in [0.29, 0.717) is 17.3 Å². The highest BCUT2D eigenvalue weighted by Gasteiger charge is 2.21. The molecule has 0 atom stereocenters. The molecule has 0 saturated heterocycles. The Balaban J connectivity index is 1.61. The molecular formula is C21H19N3O3S2. The summed E-state index contributed by atoms with van der Waals surface area (Å²) in [5, 5.41) is 0.905. The first-order chi connectivity index (χ1) is 13.9. The van der Waals surface area contributed by atoms with Crippen LogP contribution in [-0.2, 0) is 10.0 Å². The van der Waals surface area contributed by atoms with Gasteiger partial charge in [0.2, 0.25) is 5.88 Å². The van der Waals surface area contributed by atoms with Gasteiger partial charge in [-0.2, -0.15) is 0 Å². The zero-order valence-corrected chi connectivity index (χ0v) is 17.8. The molecule has 6 nitrogen and oxygen atoms in total. The van der Waals surface area contributed by atoms with Gasteiger partial charge < -0.3 is 4.74 Å². The van der Waals surface area contributed by atoms with Crippen LogP contribution in [0.2, 0.25) is 0 Å². The number of aryl methyl sites for hydroxylation is 2. The Morgan fingerprint density at radius 2 is 1.66 bits per heavy atom. The number of thiophene rings is 1. The standard InChI is InChI=1S/C21H19N3O3S2/c1-14-15(2)28-21-19(14)20(22-13-23-21)27-17-11-9-16(10-12-17)24(3)29(25,26)18-7-5-4-6-8-18/h4-13H,1-3H3. The van der Waals surface area contributed by atoms with Crippen LogP contribution >= 0.6 is 11.3 Å². The first-order valence-electron chi connectivity index (χ1n) is 8.90. The average molecular weight is 426 g/mol. The number of nitrogens with zero attached hydrogens (tertiary/aromatic N) is 3. The van der Waals surface area contributed by atoms with Crippen LogP contribution in [0.4, 0.5) is 5.69 Å². The number of aromatic nitrogens is 2. The van der Waals surface area contributed by atoms with Gasteiger partial charge in [0.25, 0.3) is 10.0 Å². The van der Waals surface area contributed by atoms with E-state index in [1.54, 1.807) is 65.9 Å². The third-order valence-corrected chi connectivity index (χ3v) is 7.66. The van der Waals surface area contributed by atoms with Crippen molar-refractivity contribution in [3.8, 4) is 11.6 Å². The molecule has 0 amide bonds. The first kappa shape index (κ1) is 19.4. The number of rotatable bonds is 5.